The van der Waals surface area contributed by atoms with Gasteiger partial charge in [-0.1, -0.05) is 23.2 Å². The Morgan fingerprint density at radius 2 is 2.24 bits per heavy atom. The van der Waals surface area contributed by atoms with Crippen molar-refractivity contribution in [2.45, 2.75) is 6.92 Å². The van der Waals surface area contributed by atoms with E-state index in [0.29, 0.717) is 27.3 Å². The number of anilines is 1. The summed E-state index contributed by atoms with van der Waals surface area (Å²) in [6.07, 6.45) is 1.38. The first-order valence-electron chi connectivity index (χ1n) is 5.97. The van der Waals surface area contributed by atoms with Gasteiger partial charge in [0.2, 0.25) is 0 Å². The quantitative estimate of drug-likeness (QED) is 0.654. The van der Waals surface area contributed by atoms with Crippen molar-refractivity contribution >= 4 is 34.7 Å². The minimum atomic E-state index is -0.447. The van der Waals surface area contributed by atoms with Crippen molar-refractivity contribution in [3.63, 3.8) is 0 Å². The number of aromatic amines is 1. The molecule has 0 saturated heterocycles. The Balaban J connectivity index is 1.93. The lowest BCUT2D eigenvalue weighted by Gasteiger charge is -2.08. The fourth-order valence-corrected chi connectivity index (χ4v) is 1.86. The van der Waals surface area contributed by atoms with Gasteiger partial charge in [-0.15, -0.1) is 0 Å². The minimum absolute atomic E-state index is 0.240. The number of nitrogens with one attached hydrogen (secondary N) is 2. The van der Waals surface area contributed by atoms with Gasteiger partial charge in [-0.05, 0) is 31.2 Å². The molecule has 0 spiro atoms. The number of ether oxygens (including phenoxy) is 1. The third-order valence-corrected chi connectivity index (χ3v) is 2.90. The lowest BCUT2D eigenvalue weighted by molar-refractivity contribution is 0.376. The highest BCUT2D eigenvalue weighted by Gasteiger charge is 2.03. The van der Waals surface area contributed by atoms with Crippen molar-refractivity contribution in [3.8, 4) is 5.75 Å². The lowest BCUT2D eigenvalue weighted by Crippen LogP contribution is -2.13. The van der Waals surface area contributed by atoms with Gasteiger partial charge in [-0.2, -0.15) is 5.10 Å². The van der Waals surface area contributed by atoms with Crippen LogP contribution in [0.15, 0.2) is 40.4 Å². The Labute approximate surface area is 130 Å². The van der Waals surface area contributed by atoms with Gasteiger partial charge in [0.15, 0.2) is 0 Å². The molecule has 0 aliphatic carbocycles. The van der Waals surface area contributed by atoms with Crippen molar-refractivity contribution in [2.24, 2.45) is 5.10 Å². The summed E-state index contributed by atoms with van der Waals surface area (Å²) in [7, 11) is 0. The van der Waals surface area contributed by atoms with Crippen LogP contribution in [-0.4, -0.2) is 22.3 Å². The zero-order valence-corrected chi connectivity index (χ0v) is 12.6. The van der Waals surface area contributed by atoms with Crippen LogP contribution in [0.2, 0.25) is 10.0 Å². The van der Waals surface area contributed by atoms with Crippen molar-refractivity contribution < 1.29 is 4.74 Å². The Morgan fingerprint density at radius 3 is 2.95 bits per heavy atom. The van der Waals surface area contributed by atoms with E-state index in [1.54, 1.807) is 31.2 Å². The fourth-order valence-electron chi connectivity index (χ4n) is 1.40. The molecule has 1 heterocycles. The molecule has 0 unspecified atom stereocenters. The van der Waals surface area contributed by atoms with E-state index < -0.39 is 5.69 Å². The lowest BCUT2D eigenvalue weighted by atomic mass is 10.3. The zero-order chi connectivity index (χ0) is 15.2. The summed E-state index contributed by atoms with van der Waals surface area (Å²) in [5, 5.41) is 5.05. The molecule has 2 rings (SSSR count). The summed E-state index contributed by atoms with van der Waals surface area (Å²) in [5.41, 5.74) is 2.92. The summed E-state index contributed by atoms with van der Waals surface area (Å²) in [6, 6.07) is 6.57. The number of benzene rings is 1. The molecule has 0 radical (unpaired) electrons. The van der Waals surface area contributed by atoms with E-state index in [4.69, 9.17) is 27.9 Å². The highest BCUT2D eigenvalue weighted by Crippen LogP contribution is 2.27. The number of H-pyrrole nitrogens is 1. The third-order valence-electron chi connectivity index (χ3n) is 2.37. The van der Waals surface area contributed by atoms with Crippen LogP contribution in [0.3, 0.4) is 0 Å². The fraction of sp³-hybridized carbons (Fsp3) is 0.154. The number of hydrazone groups is 1. The molecule has 8 heteroatoms. The number of hydrogen-bond donors (Lipinski definition) is 2. The van der Waals surface area contributed by atoms with Crippen LogP contribution in [0.5, 0.6) is 5.75 Å². The molecule has 1 aromatic heterocycles. The van der Waals surface area contributed by atoms with Crippen LogP contribution in [0.4, 0.5) is 5.82 Å². The van der Waals surface area contributed by atoms with Gasteiger partial charge in [0.1, 0.15) is 18.2 Å². The van der Waals surface area contributed by atoms with Crippen LogP contribution in [0.1, 0.15) is 6.92 Å². The molecular formula is C13H12Cl2N4O2. The molecule has 0 aliphatic heterocycles. The standard InChI is InChI=1S/C13H12Cl2N4O2/c1-8(18-19-12-4-5-16-13(20)17-12)7-21-11-3-2-9(14)6-10(11)15/h2-6H,7H2,1H3,(H2,16,17,19,20)/b18-8+. The first-order chi connectivity index (χ1) is 10.0. The number of halogens is 2. The summed E-state index contributed by atoms with van der Waals surface area (Å²) in [6.45, 7) is 2.01. The van der Waals surface area contributed by atoms with Crippen LogP contribution in [-0.2, 0) is 0 Å². The first kappa shape index (κ1) is 15.3. The zero-order valence-electron chi connectivity index (χ0n) is 11.1. The summed E-state index contributed by atoms with van der Waals surface area (Å²) in [4.78, 5) is 17.0. The van der Waals surface area contributed by atoms with Crippen LogP contribution >= 0.6 is 23.2 Å². The van der Waals surface area contributed by atoms with Crippen LogP contribution in [0, 0.1) is 0 Å². The maximum absolute atomic E-state index is 11.0. The molecule has 2 N–H and O–H groups in total. The van der Waals surface area contributed by atoms with E-state index in [2.05, 4.69) is 20.5 Å². The van der Waals surface area contributed by atoms with Crippen molar-refractivity contribution in [3.05, 3.63) is 51.0 Å². The minimum Gasteiger partial charge on any atom is -0.486 e. The summed E-state index contributed by atoms with van der Waals surface area (Å²) >= 11 is 11.8. The van der Waals surface area contributed by atoms with Crippen molar-refractivity contribution in [2.75, 3.05) is 12.0 Å². The molecule has 0 bridgehead atoms. The Hall–Kier alpha value is -2.05. The maximum atomic E-state index is 11.0. The summed E-state index contributed by atoms with van der Waals surface area (Å²) < 4.78 is 5.52. The molecule has 0 aliphatic rings. The summed E-state index contributed by atoms with van der Waals surface area (Å²) in [5.74, 6) is 0.965. The largest absolute Gasteiger partial charge is 0.486 e. The van der Waals surface area contributed by atoms with Crippen molar-refractivity contribution in [1.29, 1.82) is 0 Å². The second-order valence-corrected chi connectivity index (χ2v) is 4.95. The second kappa shape index (κ2) is 7.10. The predicted octanol–water partition coefficient (Wildman–Crippen LogP) is 2.94. The molecule has 21 heavy (non-hydrogen) atoms. The maximum Gasteiger partial charge on any atom is 0.346 e. The van der Waals surface area contributed by atoms with Gasteiger partial charge in [0, 0.05) is 11.2 Å². The van der Waals surface area contributed by atoms with E-state index in [1.165, 1.54) is 6.20 Å². The number of rotatable bonds is 5. The Kier molecular flexibility index (Phi) is 5.19. The van der Waals surface area contributed by atoms with Gasteiger partial charge in [-0.3, -0.25) is 10.4 Å². The molecule has 1 aromatic carbocycles. The smallest absolute Gasteiger partial charge is 0.346 e. The SMILES string of the molecule is C/C(COc1ccc(Cl)cc1Cl)=N\Nc1ccnc(=O)[nH]1. The van der Waals surface area contributed by atoms with Gasteiger partial charge in [0.25, 0.3) is 0 Å². The number of hydrogen-bond acceptors (Lipinski definition) is 5. The normalized spacial score (nSPS) is 11.3. The van der Waals surface area contributed by atoms with E-state index in [-0.39, 0.29) is 6.61 Å². The van der Waals surface area contributed by atoms with Gasteiger partial charge in [0.05, 0.1) is 10.7 Å². The molecule has 6 nitrogen and oxygen atoms in total. The Bertz CT molecular complexity index is 715. The van der Waals surface area contributed by atoms with Gasteiger partial charge >= 0.3 is 5.69 Å². The third kappa shape index (κ3) is 4.77. The van der Waals surface area contributed by atoms with Gasteiger partial charge in [-0.25, -0.2) is 9.78 Å². The molecule has 110 valence electrons. The topological polar surface area (TPSA) is 79.4 Å². The van der Waals surface area contributed by atoms with Gasteiger partial charge < -0.3 is 4.74 Å². The number of aromatic nitrogens is 2. The average molecular weight is 327 g/mol. The van der Waals surface area contributed by atoms with E-state index >= 15 is 0 Å². The number of nitrogens with zero attached hydrogens (tertiary/aromatic N) is 2. The molecule has 2 aromatic rings. The van der Waals surface area contributed by atoms with Crippen LogP contribution in [0.25, 0.3) is 0 Å². The highest BCUT2D eigenvalue weighted by atomic mass is 35.5. The monoisotopic (exact) mass is 326 g/mol. The van der Waals surface area contributed by atoms with E-state index in [1.807, 2.05) is 0 Å². The molecule has 0 atom stereocenters. The van der Waals surface area contributed by atoms with E-state index in [9.17, 15) is 4.79 Å². The highest BCUT2D eigenvalue weighted by molar-refractivity contribution is 6.35. The second-order valence-electron chi connectivity index (χ2n) is 4.11. The molecule has 0 fully saturated rings. The van der Waals surface area contributed by atoms with E-state index in [0.717, 1.165) is 0 Å². The molecular weight excluding hydrogens is 315 g/mol. The average Bonchev–Trinajstić information content (AvgIpc) is 2.44. The van der Waals surface area contributed by atoms with Crippen LogP contribution < -0.4 is 15.9 Å². The predicted molar refractivity (Wildman–Crippen MR) is 83.5 cm³/mol. The Morgan fingerprint density at radius 1 is 1.43 bits per heavy atom. The molecule has 0 amide bonds. The molecule has 0 saturated carbocycles. The first-order valence-corrected chi connectivity index (χ1v) is 6.72. The van der Waals surface area contributed by atoms with Crippen molar-refractivity contribution in [1.82, 2.24) is 9.97 Å².